The van der Waals surface area contributed by atoms with Gasteiger partial charge in [-0.15, -0.1) is 0 Å². The van der Waals surface area contributed by atoms with Crippen LogP contribution in [-0.2, 0) is 0 Å². The minimum Gasteiger partial charge on any atom is -0.360 e. The van der Waals surface area contributed by atoms with Gasteiger partial charge < -0.3 is 15.2 Å². The van der Waals surface area contributed by atoms with E-state index in [9.17, 15) is 4.79 Å². The van der Waals surface area contributed by atoms with E-state index >= 15 is 0 Å². The summed E-state index contributed by atoms with van der Waals surface area (Å²) in [7, 11) is 0. The molecule has 2 heterocycles. The third-order valence-corrected chi connectivity index (χ3v) is 3.53. The molecule has 0 bridgehead atoms. The van der Waals surface area contributed by atoms with Crippen LogP contribution in [0, 0.1) is 20.8 Å². The molecule has 2 aromatic heterocycles. The normalized spacial score (nSPS) is 10.9. The van der Waals surface area contributed by atoms with E-state index in [4.69, 9.17) is 4.52 Å². The summed E-state index contributed by atoms with van der Waals surface area (Å²) in [6.45, 7) is 10.2. The summed E-state index contributed by atoms with van der Waals surface area (Å²) < 4.78 is 7.05. The van der Waals surface area contributed by atoms with E-state index in [-0.39, 0.29) is 5.91 Å². The SMILES string of the molecule is CCCNCCNC(=O)c1cc(C)n(-c2cc(C)on2)c1C. The lowest BCUT2D eigenvalue weighted by atomic mass is 10.2. The van der Waals surface area contributed by atoms with Crippen molar-refractivity contribution in [2.45, 2.75) is 34.1 Å². The highest BCUT2D eigenvalue weighted by molar-refractivity contribution is 5.95. The van der Waals surface area contributed by atoms with Crippen molar-refractivity contribution < 1.29 is 9.32 Å². The summed E-state index contributed by atoms with van der Waals surface area (Å²) in [6, 6.07) is 3.74. The smallest absolute Gasteiger partial charge is 0.253 e. The molecule has 0 atom stereocenters. The largest absolute Gasteiger partial charge is 0.360 e. The molecule has 0 spiro atoms. The number of amides is 1. The van der Waals surface area contributed by atoms with Crippen LogP contribution in [-0.4, -0.2) is 35.3 Å². The first kappa shape index (κ1) is 16.3. The maximum absolute atomic E-state index is 12.3. The van der Waals surface area contributed by atoms with Gasteiger partial charge in [0.15, 0.2) is 5.82 Å². The van der Waals surface area contributed by atoms with Gasteiger partial charge in [-0.3, -0.25) is 9.36 Å². The zero-order chi connectivity index (χ0) is 16.1. The van der Waals surface area contributed by atoms with Crippen LogP contribution < -0.4 is 10.6 Å². The second kappa shape index (κ2) is 7.26. The van der Waals surface area contributed by atoms with Crippen LogP contribution >= 0.6 is 0 Å². The number of nitrogens with one attached hydrogen (secondary N) is 2. The van der Waals surface area contributed by atoms with Gasteiger partial charge in [0.25, 0.3) is 5.91 Å². The van der Waals surface area contributed by atoms with Crippen LogP contribution in [0.15, 0.2) is 16.7 Å². The average molecular weight is 304 g/mol. The lowest BCUT2D eigenvalue weighted by Crippen LogP contribution is -2.32. The Hall–Kier alpha value is -2.08. The maximum atomic E-state index is 12.3. The van der Waals surface area contributed by atoms with Crippen molar-refractivity contribution in [3.63, 3.8) is 0 Å². The monoisotopic (exact) mass is 304 g/mol. The molecule has 6 heteroatoms. The highest BCUT2D eigenvalue weighted by Gasteiger charge is 2.17. The fraction of sp³-hybridized carbons (Fsp3) is 0.500. The predicted octanol–water partition coefficient (Wildman–Crippen LogP) is 2.12. The zero-order valence-electron chi connectivity index (χ0n) is 13.7. The maximum Gasteiger partial charge on any atom is 0.253 e. The molecule has 6 nitrogen and oxygen atoms in total. The Labute approximate surface area is 130 Å². The number of nitrogens with zero attached hydrogens (tertiary/aromatic N) is 2. The summed E-state index contributed by atoms with van der Waals surface area (Å²) in [5.41, 5.74) is 2.50. The number of carbonyl (C=O) groups excluding carboxylic acids is 1. The zero-order valence-corrected chi connectivity index (χ0v) is 13.7. The molecule has 120 valence electrons. The van der Waals surface area contributed by atoms with Gasteiger partial charge in [-0.1, -0.05) is 12.1 Å². The predicted molar refractivity (Wildman–Crippen MR) is 85.5 cm³/mol. The lowest BCUT2D eigenvalue weighted by Gasteiger charge is -2.07. The fourth-order valence-electron chi connectivity index (χ4n) is 2.47. The second-order valence-corrected chi connectivity index (χ2v) is 5.42. The van der Waals surface area contributed by atoms with E-state index < -0.39 is 0 Å². The Morgan fingerprint density at radius 2 is 2.00 bits per heavy atom. The van der Waals surface area contributed by atoms with Gasteiger partial charge in [-0.2, -0.15) is 0 Å². The number of hydrogen-bond acceptors (Lipinski definition) is 4. The van der Waals surface area contributed by atoms with Crippen molar-refractivity contribution in [3.05, 3.63) is 34.8 Å². The first-order valence-electron chi connectivity index (χ1n) is 7.66. The van der Waals surface area contributed by atoms with Crippen molar-refractivity contribution in [1.29, 1.82) is 0 Å². The van der Waals surface area contributed by atoms with Gasteiger partial charge in [0.1, 0.15) is 5.76 Å². The molecule has 0 aromatic carbocycles. The van der Waals surface area contributed by atoms with Crippen molar-refractivity contribution in [3.8, 4) is 5.82 Å². The van der Waals surface area contributed by atoms with Crippen molar-refractivity contribution in [1.82, 2.24) is 20.4 Å². The Kier molecular flexibility index (Phi) is 5.38. The minimum atomic E-state index is -0.0575. The summed E-state index contributed by atoms with van der Waals surface area (Å²) in [6.07, 6.45) is 1.09. The topological polar surface area (TPSA) is 72.1 Å². The summed E-state index contributed by atoms with van der Waals surface area (Å²) in [5, 5.41) is 10.2. The molecule has 0 aliphatic rings. The molecule has 2 aromatic rings. The van der Waals surface area contributed by atoms with Crippen LogP contribution in [0.25, 0.3) is 5.82 Å². The molecule has 2 N–H and O–H groups in total. The molecule has 1 amide bonds. The highest BCUT2D eigenvalue weighted by Crippen LogP contribution is 2.20. The van der Waals surface area contributed by atoms with Crippen LogP contribution in [0.5, 0.6) is 0 Å². The molecule has 0 aliphatic carbocycles. The molecular formula is C16H24N4O2. The van der Waals surface area contributed by atoms with Crippen LogP contribution in [0.2, 0.25) is 0 Å². The van der Waals surface area contributed by atoms with E-state index in [1.807, 2.05) is 37.5 Å². The third-order valence-electron chi connectivity index (χ3n) is 3.53. The molecule has 0 fully saturated rings. The van der Waals surface area contributed by atoms with E-state index in [2.05, 4.69) is 22.7 Å². The van der Waals surface area contributed by atoms with E-state index in [0.717, 1.165) is 36.7 Å². The van der Waals surface area contributed by atoms with Gasteiger partial charge in [-0.05, 0) is 39.8 Å². The quantitative estimate of drug-likeness (QED) is 0.769. The van der Waals surface area contributed by atoms with Crippen molar-refractivity contribution >= 4 is 5.91 Å². The van der Waals surface area contributed by atoms with Gasteiger partial charge >= 0.3 is 0 Å². The van der Waals surface area contributed by atoms with Crippen LogP contribution in [0.3, 0.4) is 0 Å². The first-order chi connectivity index (χ1) is 10.5. The van der Waals surface area contributed by atoms with Gasteiger partial charge in [0.05, 0.1) is 5.56 Å². The van der Waals surface area contributed by atoms with E-state index in [1.54, 1.807) is 0 Å². The number of aryl methyl sites for hydroxylation is 2. The standard InChI is InChI=1S/C16H24N4O2/c1-5-6-17-7-8-18-16(21)14-9-11(2)20(13(14)4)15-10-12(3)22-19-15/h9-10,17H,5-8H2,1-4H3,(H,18,21). The fourth-order valence-corrected chi connectivity index (χ4v) is 2.47. The first-order valence-corrected chi connectivity index (χ1v) is 7.66. The van der Waals surface area contributed by atoms with E-state index in [0.29, 0.717) is 17.9 Å². The molecule has 0 aliphatic heterocycles. The Morgan fingerprint density at radius 1 is 1.23 bits per heavy atom. The van der Waals surface area contributed by atoms with Crippen molar-refractivity contribution in [2.24, 2.45) is 0 Å². The molecule has 0 saturated carbocycles. The summed E-state index contributed by atoms with van der Waals surface area (Å²) >= 11 is 0. The van der Waals surface area contributed by atoms with Gasteiger partial charge in [0, 0.05) is 30.5 Å². The molecular weight excluding hydrogens is 280 g/mol. The Balaban J connectivity index is 2.08. The van der Waals surface area contributed by atoms with Crippen LogP contribution in [0.1, 0.15) is 40.9 Å². The molecule has 2 rings (SSSR count). The number of aromatic nitrogens is 2. The van der Waals surface area contributed by atoms with Gasteiger partial charge in [-0.25, -0.2) is 0 Å². The molecule has 0 unspecified atom stereocenters. The number of hydrogen-bond donors (Lipinski definition) is 2. The van der Waals surface area contributed by atoms with E-state index in [1.165, 1.54) is 0 Å². The summed E-state index contributed by atoms with van der Waals surface area (Å²) in [4.78, 5) is 12.3. The highest BCUT2D eigenvalue weighted by atomic mass is 16.5. The molecule has 0 saturated heterocycles. The third kappa shape index (κ3) is 3.57. The average Bonchev–Trinajstić information content (AvgIpc) is 3.02. The summed E-state index contributed by atoms with van der Waals surface area (Å²) in [5.74, 6) is 1.39. The Bertz CT molecular complexity index is 643. The lowest BCUT2D eigenvalue weighted by molar-refractivity contribution is 0.0953. The Morgan fingerprint density at radius 3 is 2.64 bits per heavy atom. The second-order valence-electron chi connectivity index (χ2n) is 5.42. The van der Waals surface area contributed by atoms with Crippen molar-refractivity contribution in [2.75, 3.05) is 19.6 Å². The molecule has 0 radical (unpaired) electrons. The minimum absolute atomic E-state index is 0.0575. The number of carbonyl (C=O) groups is 1. The number of rotatable bonds is 7. The molecule has 22 heavy (non-hydrogen) atoms. The van der Waals surface area contributed by atoms with Crippen LogP contribution in [0.4, 0.5) is 0 Å². The van der Waals surface area contributed by atoms with Gasteiger partial charge in [0.2, 0.25) is 0 Å².